The predicted molar refractivity (Wildman–Crippen MR) is 81.6 cm³/mol. The number of rotatable bonds is 4. The van der Waals surface area contributed by atoms with Gasteiger partial charge in [-0.1, -0.05) is 13.8 Å². The smallest absolute Gasteiger partial charge is 0.251 e. The number of amides is 1. The van der Waals surface area contributed by atoms with E-state index in [4.69, 9.17) is 4.74 Å². The SMILES string of the molecule is COc1ccc(C(=O)NC2CCS(=O)(=O)C2)cc1C(C)C. The molecule has 0 bridgehead atoms. The van der Waals surface area contributed by atoms with Crippen LogP contribution in [0.5, 0.6) is 5.75 Å². The van der Waals surface area contributed by atoms with Gasteiger partial charge in [-0.05, 0) is 36.1 Å². The van der Waals surface area contributed by atoms with Gasteiger partial charge >= 0.3 is 0 Å². The predicted octanol–water partition coefficient (Wildman–Crippen LogP) is 1.74. The van der Waals surface area contributed by atoms with E-state index in [1.165, 1.54) is 0 Å². The van der Waals surface area contributed by atoms with Crippen LogP contribution in [0.25, 0.3) is 0 Å². The minimum Gasteiger partial charge on any atom is -0.496 e. The molecular formula is C15H21NO4S. The van der Waals surface area contributed by atoms with Gasteiger partial charge in [-0.2, -0.15) is 0 Å². The maximum absolute atomic E-state index is 12.2. The molecule has 1 atom stereocenters. The topological polar surface area (TPSA) is 72.5 Å². The van der Waals surface area contributed by atoms with Gasteiger partial charge in [-0.25, -0.2) is 8.42 Å². The molecule has 0 spiro atoms. The average molecular weight is 311 g/mol. The Bertz CT molecular complexity index is 637. The van der Waals surface area contributed by atoms with Gasteiger partial charge in [0.15, 0.2) is 9.84 Å². The van der Waals surface area contributed by atoms with Crippen LogP contribution in [-0.4, -0.2) is 39.0 Å². The lowest BCUT2D eigenvalue weighted by Gasteiger charge is -2.15. The van der Waals surface area contributed by atoms with Crippen LogP contribution in [0.4, 0.5) is 0 Å². The van der Waals surface area contributed by atoms with Gasteiger partial charge in [0.05, 0.1) is 18.6 Å². The number of sulfone groups is 1. The molecule has 1 fully saturated rings. The standard InChI is InChI=1S/C15H21NO4S/c1-10(2)13-8-11(4-5-14(13)20-3)15(17)16-12-6-7-21(18,19)9-12/h4-5,8,10,12H,6-7,9H2,1-3H3,(H,16,17). The molecule has 1 heterocycles. The lowest BCUT2D eigenvalue weighted by molar-refractivity contribution is 0.0941. The summed E-state index contributed by atoms with van der Waals surface area (Å²) in [6.45, 7) is 4.06. The second-order valence-electron chi connectivity index (χ2n) is 5.68. The molecule has 0 aliphatic carbocycles. The van der Waals surface area contributed by atoms with Gasteiger partial charge in [0.2, 0.25) is 0 Å². The van der Waals surface area contributed by atoms with Crippen molar-refractivity contribution in [2.24, 2.45) is 0 Å². The van der Waals surface area contributed by atoms with Crippen molar-refractivity contribution in [3.05, 3.63) is 29.3 Å². The quantitative estimate of drug-likeness (QED) is 0.919. The highest BCUT2D eigenvalue weighted by molar-refractivity contribution is 7.91. The Morgan fingerprint density at radius 3 is 2.62 bits per heavy atom. The van der Waals surface area contributed by atoms with Crippen molar-refractivity contribution in [1.29, 1.82) is 0 Å². The molecule has 5 nitrogen and oxygen atoms in total. The summed E-state index contributed by atoms with van der Waals surface area (Å²) in [4.78, 5) is 12.2. The van der Waals surface area contributed by atoms with Crippen LogP contribution in [0.3, 0.4) is 0 Å². The van der Waals surface area contributed by atoms with Gasteiger partial charge in [-0.15, -0.1) is 0 Å². The molecule has 1 unspecified atom stereocenters. The summed E-state index contributed by atoms with van der Waals surface area (Å²) in [5, 5.41) is 2.80. The first kappa shape index (κ1) is 15.8. The van der Waals surface area contributed by atoms with Crippen LogP contribution in [0.1, 0.15) is 42.1 Å². The Morgan fingerprint density at radius 2 is 2.10 bits per heavy atom. The van der Waals surface area contributed by atoms with Crippen molar-refractivity contribution < 1.29 is 17.9 Å². The number of carbonyl (C=O) groups is 1. The van der Waals surface area contributed by atoms with E-state index < -0.39 is 9.84 Å². The summed E-state index contributed by atoms with van der Waals surface area (Å²) in [6.07, 6.45) is 0.487. The molecule has 21 heavy (non-hydrogen) atoms. The summed E-state index contributed by atoms with van der Waals surface area (Å²) >= 11 is 0. The van der Waals surface area contributed by atoms with Crippen LogP contribution in [0.15, 0.2) is 18.2 Å². The third-order valence-corrected chi connectivity index (χ3v) is 5.45. The highest BCUT2D eigenvalue weighted by Gasteiger charge is 2.29. The average Bonchev–Trinajstić information content (AvgIpc) is 2.76. The summed E-state index contributed by atoms with van der Waals surface area (Å²) in [6, 6.07) is 4.99. The lowest BCUT2D eigenvalue weighted by atomic mass is 9.99. The van der Waals surface area contributed by atoms with E-state index in [-0.39, 0.29) is 29.4 Å². The van der Waals surface area contributed by atoms with E-state index in [0.29, 0.717) is 12.0 Å². The zero-order chi connectivity index (χ0) is 15.6. The Morgan fingerprint density at radius 1 is 1.38 bits per heavy atom. The number of nitrogens with one attached hydrogen (secondary N) is 1. The minimum absolute atomic E-state index is 0.0337. The van der Waals surface area contributed by atoms with Crippen molar-refractivity contribution in [2.45, 2.75) is 32.2 Å². The van der Waals surface area contributed by atoms with Crippen LogP contribution in [-0.2, 0) is 9.84 Å². The molecule has 0 aromatic heterocycles. The fraction of sp³-hybridized carbons (Fsp3) is 0.533. The Hall–Kier alpha value is -1.56. The van der Waals surface area contributed by atoms with Gasteiger partial charge in [0.25, 0.3) is 5.91 Å². The summed E-state index contributed by atoms with van der Waals surface area (Å²) in [5.74, 6) is 0.940. The van der Waals surface area contributed by atoms with Gasteiger partial charge < -0.3 is 10.1 Å². The molecule has 116 valence electrons. The number of hydrogen-bond donors (Lipinski definition) is 1. The molecule has 1 aliphatic rings. The minimum atomic E-state index is -2.99. The second-order valence-corrected chi connectivity index (χ2v) is 7.91. The molecule has 2 rings (SSSR count). The number of methoxy groups -OCH3 is 1. The van der Waals surface area contributed by atoms with Crippen molar-refractivity contribution >= 4 is 15.7 Å². The number of hydrogen-bond acceptors (Lipinski definition) is 4. The molecule has 1 amide bonds. The van der Waals surface area contributed by atoms with Crippen LogP contribution in [0, 0.1) is 0 Å². The second kappa shape index (κ2) is 6.05. The first-order valence-electron chi connectivity index (χ1n) is 7.01. The third kappa shape index (κ3) is 3.75. The molecule has 1 aromatic carbocycles. The molecule has 0 saturated carbocycles. The van der Waals surface area contributed by atoms with E-state index >= 15 is 0 Å². The number of ether oxygens (including phenoxy) is 1. The van der Waals surface area contributed by atoms with E-state index in [9.17, 15) is 13.2 Å². The van der Waals surface area contributed by atoms with Crippen molar-refractivity contribution in [1.82, 2.24) is 5.32 Å². The zero-order valence-electron chi connectivity index (χ0n) is 12.5. The van der Waals surface area contributed by atoms with Crippen LogP contribution in [0.2, 0.25) is 0 Å². The summed E-state index contributed by atoms with van der Waals surface area (Å²) < 4.78 is 28.1. The zero-order valence-corrected chi connectivity index (χ0v) is 13.4. The Labute approximate surface area is 125 Å². The molecule has 0 radical (unpaired) electrons. The highest BCUT2D eigenvalue weighted by atomic mass is 32.2. The van der Waals surface area contributed by atoms with Crippen LogP contribution < -0.4 is 10.1 Å². The molecular weight excluding hydrogens is 290 g/mol. The first-order chi connectivity index (χ1) is 9.82. The Kier molecular flexibility index (Phi) is 4.56. The molecule has 1 aromatic rings. The number of carbonyl (C=O) groups excluding carboxylic acids is 1. The Balaban J connectivity index is 2.14. The normalized spacial score (nSPS) is 20.5. The largest absolute Gasteiger partial charge is 0.496 e. The molecule has 1 saturated heterocycles. The monoisotopic (exact) mass is 311 g/mol. The fourth-order valence-electron chi connectivity index (χ4n) is 2.50. The third-order valence-electron chi connectivity index (χ3n) is 3.68. The molecule has 1 N–H and O–H groups in total. The van der Waals surface area contributed by atoms with Gasteiger partial charge in [-0.3, -0.25) is 4.79 Å². The van der Waals surface area contributed by atoms with Crippen LogP contribution >= 0.6 is 0 Å². The van der Waals surface area contributed by atoms with Gasteiger partial charge in [0, 0.05) is 11.6 Å². The summed E-state index contributed by atoms with van der Waals surface area (Å²) in [7, 11) is -1.39. The van der Waals surface area contributed by atoms with Crippen molar-refractivity contribution in [3.8, 4) is 5.75 Å². The van der Waals surface area contributed by atoms with E-state index in [0.717, 1.165) is 11.3 Å². The van der Waals surface area contributed by atoms with Crippen molar-refractivity contribution in [3.63, 3.8) is 0 Å². The van der Waals surface area contributed by atoms with E-state index in [2.05, 4.69) is 5.32 Å². The lowest BCUT2D eigenvalue weighted by Crippen LogP contribution is -2.35. The molecule has 1 aliphatic heterocycles. The maximum Gasteiger partial charge on any atom is 0.251 e. The van der Waals surface area contributed by atoms with E-state index in [1.54, 1.807) is 19.2 Å². The maximum atomic E-state index is 12.2. The number of benzene rings is 1. The fourth-order valence-corrected chi connectivity index (χ4v) is 4.18. The molecule has 6 heteroatoms. The van der Waals surface area contributed by atoms with Crippen molar-refractivity contribution in [2.75, 3.05) is 18.6 Å². The first-order valence-corrected chi connectivity index (χ1v) is 8.84. The van der Waals surface area contributed by atoms with Gasteiger partial charge in [0.1, 0.15) is 5.75 Å². The van der Waals surface area contributed by atoms with E-state index in [1.807, 2.05) is 19.9 Å². The highest BCUT2D eigenvalue weighted by Crippen LogP contribution is 2.27. The summed E-state index contributed by atoms with van der Waals surface area (Å²) in [5.41, 5.74) is 1.49.